The third kappa shape index (κ3) is 3.84. The Labute approximate surface area is 123 Å². The third-order valence-corrected chi connectivity index (χ3v) is 3.08. The van der Waals surface area contributed by atoms with Crippen molar-refractivity contribution in [3.05, 3.63) is 53.7 Å². The predicted octanol–water partition coefficient (Wildman–Crippen LogP) is 3.21. The molecule has 0 aliphatic rings. The Balaban J connectivity index is 2.07. The number of rotatable bonds is 6. The number of carbonyl (C=O) groups excluding carboxylic acids is 1. The number of amides is 1. The number of para-hydroxylation sites is 1. The number of halogens is 1. The minimum Gasteiger partial charge on any atom is -0.469 e. The van der Waals surface area contributed by atoms with E-state index in [0.717, 1.165) is 5.76 Å². The van der Waals surface area contributed by atoms with Gasteiger partial charge in [-0.1, -0.05) is 6.07 Å². The summed E-state index contributed by atoms with van der Waals surface area (Å²) in [5.74, 6) is 0.0710. The summed E-state index contributed by atoms with van der Waals surface area (Å²) < 4.78 is 19.0. The van der Waals surface area contributed by atoms with Gasteiger partial charge in [0.1, 0.15) is 11.6 Å². The van der Waals surface area contributed by atoms with E-state index in [-0.39, 0.29) is 17.6 Å². The van der Waals surface area contributed by atoms with E-state index in [1.54, 1.807) is 18.4 Å². The molecular formula is C16H19FN2O2. The van der Waals surface area contributed by atoms with Crippen LogP contribution in [0.3, 0.4) is 0 Å². The third-order valence-electron chi connectivity index (χ3n) is 3.08. The Morgan fingerprint density at radius 1 is 1.33 bits per heavy atom. The van der Waals surface area contributed by atoms with Crippen LogP contribution in [-0.4, -0.2) is 18.5 Å². The molecule has 1 amide bonds. The summed E-state index contributed by atoms with van der Waals surface area (Å²) in [6.45, 7) is 4.28. The van der Waals surface area contributed by atoms with Gasteiger partial charge in [-0.05, 0) is 38.1 Å². The number of anilines is 1. The largest absolute Gasteiger partial charge is 0.469 e. The molecule has 2 N–H and O–H groups in total. The van der Waals surface area contributed by atoms with Crippen LogP contribution in [-0.2, 0) is 6.42 Å². The molecule has 1 aromatic carbocycles. The Hall–Kier alpha value is -2.30. The fourth-order valence-electron chi connectivity index (χ4n) is 2.15. The van der Waals surface area contributed by atoms with Crippen molar-refractivity contribution < 1.29 is 13.6 Å². The van der Waals surface area contributed by atoms with Gasteiger partial charge in [0.25, 0.3) is 5.91 Å². The molecule has 0 aliphatic carbocycles. The lowest BCUT2D eigenvalue weighted by Crippen LogP contribution is -2.34. The van der Waals surface area contributed by atoms with Crippen LogP contribution in [0.2, 0.25) is 0 Å². The van der Waals surface area contributed by atoms with Gasteiger partial charge in [-0.3, -0.25) is 4.79 Å². The van der Waals surface area contributed by atoms with E-state index >= 15 is 0 Å². The average molecular weight is 290 g/mol. The van der Waals surface area contributed by atoms with Gasteiger partial charge in [-0.15, -0.1) is 0 Å². The van der Waals surface area contributed by atoms with Crippen LogP contribution < -0.4 is 10.6 Å². The normalized spacial score (nSPS) is 12.0. The summed E-state index contributed by atoms with van der Waals surface area (Å²) in [6, 6.07) is 8.02. The molecule has 2 aromatic rings. The molecule has 0 fully saturated rings. The molecule has 0 radical (unpaired) electrons. The lowest BCUT2D eigenvalue weighted by molar-refractivity contribution is 0.0939. The zero-order valence-electron chi connectivity index (χ0n) is 12.2. The number of benzene rings is 1. The molecule has 0 aliphatic heterocycles. The van der Waals surface area contributed by atoms with E-state index in [9.17, 15) is 9.18 Å². The molecule has 0 spiro atoms. The van der Waals surface area contributed by atoms with Gasteiger partial charge in [0.2, 0.25) is 0 Å². The molecule has 1 atom stereocenters. The second-order valence-corrected chi connectivity index (χ2v) is 4.85. The maximum atomic E-state index is 13.8. The van der Waals surface area contributed by atoms with Gasteiger partial charge in [0.15, 0.2) is 0 Å². The van der Waals surface area contributed by atoms with E-state index in [2.05, 4.69) is 10.6 Å². The Kier molecular flexibility index (Phi) is 4.98. The Morgan fingerprint density at radius 2 is 2.14 bits per heavy atom. The monoisotopic (exact) mass is 290 g/mol. The smallest absolute Gasteiger partial charge is 0.253 e. The SMILES string of the molecule is CCNc1c(F)cccc1C(=O)NC(C)Cc1ccco1. The quantitative estimate of drug-likeness (QED) is 0.859. The fraction of sp³-hybridized carbons (Fsp3) is 0.312. The van der Waals surface area contributed by atoms with E-state index < -0.39 is 5.82 Å². The van der Waals surface area contributed by atoms with Gasteiger partial charge in [0.05, 0.1) is 17.5 Å². The van der Waals surface area contributed by atoms with Crippen LogP contribution in [0.1, 0.15) is 30.0 Å². The highest BCUT2D eigenvalue weighted by Crippen LogP contribution is 2.20. The van der Waals surface area contributed by atoms with Gasteiger partial charge >= 0.3 is 0 Å². The number of hydrogen-bond acceptors (Lipinski definition) is 3. The molecule has 0 saturated carbocycles. The van der Waals surface area contributed by atoms with Crippen LogP contribution >= 0.6 is 0 Å². The summed E-state index contributed by atoms with van der Waals surface area (Å²) in [7, 11) is 0. The molecule has 112 valence electrons. The minimum absolute atomic E-state index is 0.110. The first-order chi connectivity index (χ1) is 10.1. The van der Waals surface area contributed by atoms with E-state index in [4.69, 9.17) is 4.42 Å². The van der Waals surface area contributed by atoms with Crippen LogP contribution in [0.15, 0.2) is 41.0 Å². The highest BCUT2D eigenvalue weighted by atomic mass is 19.1. The standard InChI is InChI=1S/C16H19FN2O2/c1-3-18-15-13(7-4-8-14(15)17)16(20)19-11(2)10-12-6-5-9-21-12/h4-9,11,18H,3,10H2,1-2H3,(H,19,20). The zero-order valence-corrected chi connectivity index (χ0v) is 12.2. The first-order valence-electron chi connectivity index (χ1n) is 6.97. The lowest BCUT2D eigenvalue weighted by atomic mass is 10.1. The van der Waals surface area contributed by atoms with E-state index in [0.29, 0.717) is 18.5 Å². The van der Waals surface area contributed by atoms with E-state index in [1.807, 2.05) is 19.9 Å². The van der Waals surface area contributed by atoms with E-state index in [1.165, 1.54) is 12.1 Å². The topological polar surface area (TPSA) is 54.3 Å². The zero-order chi connectivity index (χ0) is 15.2. The van der Waals surface area contributed by atoms with Crippen LogP contribution in [0.5, 0.6) is 0 Å². The van der Waals surface area contributed by atoms with Crippen molar-refractivity contribution in [1.82, 2.24) is 5.32 Å². The first-order valence-corrected chi connectivity index (χ1v) is 6.97. The summed E-state index contributed by atoms with van der Waals surface area (Å²) in [6.07, 6.45) is 2.18. The van der Waals surface area contributed by atoms with Crippen molar-refractivity contribution in [1.29, 1.82) is 0 Å². The highest BCUT2D eigenvalue weighted by molar-refractivity contribution is 5.99. The molecular weight excluding hydrogens is 271 g/mol. The van der Waals surface area contributed by atoms with Gasteiger partial charge < -0.3 is 15.1 Å². The lowest BCUT2D eigenvalue weighted by Gasteiger charge is -2.15. The molecule has 5 heteroatoms. The van der Waals surface area contributed by atoms with Gasteiger partial charge in [0, 0.05) is 19.0 Å². The molecule has 0 bridgehead atoms. The summed E-state index contributed by atoms with van der Waals surface area (Å²) in [5.41, 5.74) is 0.547. The summed E-state index contributed by atoms with van der Waals surface area (Å²) in [4.78, 5) is 12.3. The minimum atomic E-state index is -0.428. The number of carbonyl (C=O) groups is 1. The van der Waals surface area contributed by atoms with Crippen molar-refractivity contribution in [3.63, 3.8) is 0 Å². The Bertz CT molecular complexity index is 596. The van der Waals surface area contributed by atoms with Crippen molar-refractivity contribution in [2.75, 3.05) is 11.9 Å². The fourth-order valence-corrected chi connectivity index (χ4v) is 2.15. The van der Waals surface area contributed by atoms with Crippen LogP contribution in [0.25, 0.3) is 0 Å². The second kappa shape index (κ2) is 6.92. The number of nitrogens with one attached hydrogen (secondary N) is 2. The maximum Gasteiger partial charge on any atom is 0.253 e. The molecule has 1 unspecified atom stereocenters. The maximum absolute atomic E-state index is 13.8. The predicted molar refractivity (Wildman–Crippen MR) is 79.9 cm³/mol. The van der Waals surface area contributed by atoms with Gasteiger partial charge in [-0.2, -0.15) is 0 Å². The van der Waals surface area contributed by atoms with Crippen molar-refractivity contribution >= 4 is 11.6 Å². The van der Waals surface area contributed by atoms with Crippen molar-refractivity contribution in [2.24, 2.45) is 0 Å². The summed E-state index contributed by atoms with van der Waals surface area (Å²) >= 11 is 0. The van der Waals surface area contributed by atoms with Crippen LogP contribution in [0.4, 0.5) is 10.1 Å². The molecule has 1 aromatic heterocycles. The first kappa shape index (κ1) is 15.1. The van der Waals surface area contributed by atoms with Crippen molar-refractivity contribution in [3.8, 4) is 0 Å². The van der Waals surface area contributed by atoms with Crippen LogP contribution in [0, 0.1) is 5.82 Å². The van der Waals surface area contributed by atoms with Crippen molar-refractivity contribution in [2.45, 2.75) is 26.3 Å². The average Bonchev–Trinajstić information content (AvgIpc) is 2.93. The second-order valence-electron chi connectivity index (χ2n) is 4.85. The number of hydrogen-bond donors (Lipinski definition) is 2. The summed E-state index contributed by atoms with van der Waals surface area (Å²) in [5, 5.41) is 5.74. The molecule has 21 heavy (non-hydrogen) atoms. The number of furan rings is 1. The van der Waals surface area contributed by atoms with Gasteiger partial charge in [-0.25, -0.2) is 4.39 Å². The Morgan fingerprint density at radius 3 is 2.81 bits per heavy atom. The molecule has 4 nitrogen and oxygen atoms in total. The molecule has 1 heterocycles. The highest BCUT2D eigenvalue weighted by Gasteiger charge is 2.17. The molecule has 0 saturated heterocycles. The molecule has 2 rings (SSSR count).